The van der Waals surface area contributed by atoms with Crippen LogP contribution in [-0.2, 0) is 33.3 Å². The van der Waals surface area contributed by atoms with Gasteiger partial charge in [0.1, 0.15) is 12.2 Å². The molecule has 0 aromatic carbocycles. The quantitative estimate of drug-likeness (QED) is 0.295. The zero-order chi connectivity index (χ0) is 34.0. The highest BCUT2D eigenvalue weighted by Crippen LogP contribution is 2.76. The lowest BCUT2D eigenvalue weighted by Crippen LogP contribution is -2.72. The topological polar surface area (TPSA) is 152 Å². The number of ether oxygens (including phenoxy) is 4. The lowest BCUT2D eigenvalue weighted by atomic mass is 9.49. The van der Waals surface area contributed by atoms with Gasteiger partial charge in [-0.15, -0.1) is 0 Å². The molecule has 0 unspecified atom stereocenters. The second-order valence-corrected chi connectivity index (χ2v) is 17.0. The molecule has 4 aliphatic carbocycles. The van der Waals surface area contributed by atoms with E-state index in [1.54, 1.807) is 0 Å². The van der Waals surface area contributed by atoms with Crippen molar-refractivity contribution in [1.29, 1.82) is 0 Å². The maximum atomic E-state index is 13.6. The summed E-state index contributed by atoms with van der Waals surface area (Å²) < 4.78 is 25.2. The van der Waals surface area contributed by atoms with Crippen LogP contribution in [0.4, 0.5) is 0 Å². The number of hydrogen-bond acceptors (Lipinski definition) is 11. The highest BCUT2D eigenvalue weighted by atomic mass is 16.7. The summed E-state index contributed by atoms with van der Waals surface area (Å²) in [5.74, 6) is -5.37. The van der Waals surface area contributed by atoms with E-state index in [0.717, 1.165) is 19.4 Å². The van der Waals surface area contributed by atoms with Crippen LogP contribution >= 0.6 is 0 Å². The molecule has 47 heavy (non-hydrogen) atoms. The summed E-state index contributed by atoms with van der Waals surface area (Å²) in [6, 6.07) is -0.123. The van der Waals surface area contributed by atoms with Crippen LogP contribution in [0, 0.1) is 52.8 Å². The van der Waals surface area contributed by atoms with Crippen LogP contribution in [0.3, 0.4) is 0 Å². The molecule has 11 heteroatoms. The smallest absolute Gasteiger partial charge is 0.309 e. The third-order valence-corrected chi connectivity index (χ3v) is 14.5. The standard InChI is InChI=1S/C36H55NO10/c1-8-18(3)32(41)46-31-27-21(22-16-37-15-17(2)9-10-25(37)34(7,42)28(22)30(31)40)14-35-29(27)23(44-19(4)38)13-24-33(35,6)12-11-26(45-20(5)39)36(24,43)47-35/h17-18,21-31,40,42-43H,8-16H2,1-7H3/t17-,18+,21-,22+,23+,24-,25-,26-,27+,28+,29+,30+,31+,33-,34+,35+,36-/m0/s1. The number of piperidine rings is 2. The lowest BCUT2D eigenvalue weighted by molar-refractivity contribution is -0.286. The monoisotopic (exact) mass is 661 g/mol. The van der Waals surface area contributed by atoms with E-state index in [9.17, 15) is 29.7 Å². The normalized spacial score (nSPS) is 53.5. The lowest BCUT2D eigenvalue weighted by Gasteiger charge is -2.62. The van der Waals surface area contributed by atoms with Gasteiger partial charge in [-0.25, -0.2) is 0 Å². The fourth-order valence-corrected chi connectivity index (χ4v) is 12.5. The predicted molar refractivity (Wildman–Crippen MR) is 167 cm³/mol. The molecular formula is C36H55NO10. The van der Waals surface area contributed by atoms with Gasteiger partial charge >= 0.3 is 17.9 Å². The second kappa shape index (κ2) is 11.1. The maximum Gasteiger partial charge on any atom is 0.309 e. The van der Waals surface area contributed by atoms with Gasteiger partial charge in [0, 0.05) is 62.1 Å². The molecule has 3 saturated heterocycles. The number of esters is 3. The molecular weight excluding hydrogens is 606 g/mol. The number of carbonyl (C=O) groups is 3. The first-order valence-corrected chi connectivity index (χ1v) is 18.1. The van der Waals surface area contributed by atoms with Crippen molar-refractivity contribution in [3.05, 3.63) is 0 Å². The molecule has 4 bridgehead atoms. The molecule has 4 saturated carbocycles. The van der Waals surface area contributed by atoms with Crippen molar-refractivity contribution in [2.24, 2.45) is 52.8 Å². The van der Waals surface area contributed by atoms with Crippen LogP contribution in [-0.4, -0.2) is 98.7 Å². The minimum atomic E-state index is -1.79. The maximum absolute atomic E-state index is 13.6. The fraction of sp³-hybridized carbons (Fsp3) is 0.917. The van der Waals surface area contributed by atoms with Crippen molar-refractivity contribution in [2.45, 2.75) is 141 Å². The van der Waals surface area contributed by atoms with Crippen molar-refractivity contribution >= 4 is 17.9 Å². The second-order valence-electron chi connectivity index (χ2n) is 17.0. The summed E-state index contributed by atoms with van der Waals surface area (Å²) in [7, 11) is 0. The van der Waals surface area contributed by atoms with Crippen molar-refractivity contribution in [3.8, 4) is 0 Å². The zero-order valence-electron chi connectivity index (χ0n) is 29.0. The molecule has 7 aliphatic rings. The van der Waals surface area contributed by atoms with Crippen molar-refractivity contribution in [2.75, 3.05) is 13.1 Å². The molecule has 7 fully saturated rings. The summed E-state index contributed by atoms with van der Waals surface area (Å²) in [6.07, 6.45) is 0.551. The Morgan fingerprint density at radius 1 is 0.979 bits per heavy atom. The van der Waals surface area contributed by atoms with Gasteiger partial charge in [-0.2, -0.15) is 0 Å². The number of aliphatic hydroxyl groups excluding tert-OH is 1. The molecule has 1 spiro atoms. The number of nitrogens with zero attached hydrogens (tertiary/aromatic N) is 1. The summed E-state index contributed by atoms with van der Waals surface area (Å²) in [5, 5.41) is 37.3. The van der Waals surface area contributed by atoms with E-state index >= 15 is 0 Å². The van der Waals surface area contributed by atoms with Gasteiger partial charge in [0.05, 0.1) is 23.2 Å². The Kier molecular flexibility index (Phi) is 7.96. The number of carbonyl (C=O) groups excluding carboxylic acids is 3. The Hall–Kier alpha value is -1.79. The molecule has 0 amide bonds. The minimum Gasteiger partial charge on any atom is -0.462 e. The first kappa shape index (κ1) is 33.7. The van der Waals surface area contributed by atoms with Crippen molar-refractivity contribution in [3.63, 3.8) is 0 Å². The van der Waals surface area contributed by atoms with Crippen LogP contribution in [0.1, 0.15) is 93.4 Å². The fourth-order valence-electron chi connectivity index (χ4n) is 12.5. The Morgan fingerprint density at radius 2 is 1.68 bits per heavy atom. The van der Waals surface area contributed by atoms with E-state index < -0.39 is 88.4 Å². The Balaban J connectivity index is 1.38. The van der Waals surface area contributed by atoms with Crippen LogP contribution in [0.2, 0.25) is 0 Å². The van der Waals surface area contributed by atoms with Gasteiger partial charge in [0.25, 0.3) is 0 Å². The van der Waals surface area contributed by atoms with Gasteiger partial charge < -0.3 is 34.3 Å². The van der Waals surface area contributed by atoms with Gasteiger partial charge in [0.2, 0.25) is 5.79 Å². The summed E-state index contributed by atoms with van der Waals surface area (Å²) >= 11 is 0. The van der Waals surface area contributed by atoms with Crippen molar-refractivity contribution < 1.29 is 48.7 Å². The molecule has 264 valence electrons. The van der Waals surface area contributed by atoms with Gasteiger partial charge in [0.15, 0.2) is 6.10 Å². The van der Waals surface area contributed by atoms with E-state index in [4.69, 9.17) is 18.9 Å². The molecule has 7 rings (SSSR count). The summed E-state index contributed by atoms with van der Waals surface area (Å²) in [5.41, 5.74) is -2.82. The first-order chi connectivity index (χ1) is 22.0. The van der Waals surface area contributed by atoms with E-state index in [1.807, 2.05) is 20.8 Å². The largest absolute Gasteiger partial charge is 0.462 e. The highest BCUT2D eigenvalue weighted by Gasteiger charge is 2.84. The van der Waals surface area contributed by atoms with Crippen LogP contribution in [0.5, 0.6) is 0 Å². The molecule has 17 atom stereocenters. The van der Waals surface area contributed by atoms with Gasteiger partial charge in [-0.3, -0.25) is 19.3 Å². The Morgan fingerprint density at radius 3 is 2.34 bits per heavy atom. The number of aliphatic hydroxyl groups is 3. The van der Waals surface area contributed by atoms with E-state index in [1.165, 1.54) is 13.8 Å². The number of rotatable bonds is 5. The SMILES string of the molecule is CC[C@@H](C)C(=O)O[C@H]1[C@H](O)[C@H]2[C@H](CN3C[C@@H](C)CC[C@H]3[C@@]2(C)O)[C@@H]2C[C@]34O[C@]5(O)[C@@H](OC(C)=O)CC[C@@]3(C)[C@@H]5C[C@@H](OC(C)=O)[C@@H]4[C@@H]21. The van der Waals surface area contributed by atoms with Crippen molar-refractivity contribution in [1.82, 2.24) is 4.90 Å². The predicted octanol–water partition coefficient (Wildman–Crippen LogP) is 2.81. The average molecular weight is 662 g/mol. The minimum absolute atomic E-state index is 0.123. The highest BCUT2D eigenvalue weighted by molar-refractivity contribution is 5.72. The molecule has 3 N–H and O–H groups in total. The molecule has 0 aromatic rings. The molecule has 11 nitrogen and oxygen atoms in total. The van der Waals surface area contributed by atoms with E-state index in [0.29, 0.717) is 44.6 Å². The summed E-state index contributed by atoms with van der Waals surface area (Å²) in [6.45, 7) is 14.2. The molecule has 3 heterocycles. The first-order valence-electron chi connectivity index (χ1n) is 18.1. The Labute approximate surface area is 278 Å². The number of hydrogen-bond donors (Lipinski definition) is 3. The van der Waals surface area contributed by atoms with Crippen LogP contribution in [0.25, 0.3) is 0 Å². The third kappa shape index (κ3) is 4.58. The molecule has 0 aromatic heterocycles. The molecule has 0 radical (unpaired) electrons. The third-order valence-electron chi connectivity index (χ3n) is 14.5. The Bertz CT molecular complexity index is 1310. The number of fused-ring (bicyclic) bond motifs is 5. The van der Waals surface area contributed by atoms with Gasteiger partial charge in [-0.05, 0) is 69.6 Å². The average Bonchev–Trinajstić information content (AvgIpc) is 3.34. The summed E-state index contributed by atoms with van der Waals surface area (Å²) in [4.78, 5) is 40.9. The van der Waals surface area contributed by atoms with Crippen LogP contribution < -0.4 is 0 Å². The van der Waals surface area contributed by atoms with E-state index in [-0.39, 0.29) is 23.8 Å². The van der Waals surface area contributed by atoms with E-state index in [2.05, 4.69) is 18.7 Å². The van der Waals surface area contributed by atoms with Crippen LogP contribution in [0.15, 0.2) is 0 Å². The zero-order valence-corrected chi connectivity index (χ0v) is 29.0. The van der Waals surface area contributed by atoms with Gasteiger partial charge in [-0.1, -0.05) is 27.7 Å². The molecule has 3 aliphatic heterocycles.